The van der Waals surface area contributed by atoms with E-state index in [-0.39, 0.29) is 5.54 Å². The number of hydrogen-bond acceptors (Lipinski definition) is 2. The Morgan fingerprint density at radius 3 is 3.06 bits per heavy atom. The van der Waals surface area contributed by atoms with Gasteiger partial charge in [0.1, 0.15) is 0 Å². The van der Waals surface area contributed by atoms with E-state index in [1.807, 2.05) is 6.33 Å². The van der Waals surface area contributed by atoms with Crippen molar-refractivity contribution < 1.29 is 0 Å². The van der Waals surface area contributed by atoms with E-state index in [0.717, 1.165) is 18.9 Å². The van der Waals surface area contributed by atoms with E-state index in [4.69, 9.17) is 0 Å². The second-order valence-corrected chi connectivity index (χ2v) is 5.59. The molecule has 1 saturated carbocycles. The van der Waals surface area contributed by atoms with Crippen LogP contribution in [-0.4, -0.2) is 16.5 Å². The van der Waals surface area contributed by atoms with Crippen LogP contribution in [0.25, 0.3) is 0 Å². The summed E-state index contributed by atoms with van der Waals surface area (Å²) in [5.41, 5.74) is 2.73. The molecule has 0 bridgehead atoms. The summed E-state index contributed by atoms with van der Waals surface area (Å²) in [7, 11) is 0. The van der Waals surface area contributed by atoms with Crippen molar-refractivity contribution in [3.63, 3.8) is 0 Å². The Bertz CT molecular complexity index is 365. The molecule has 1 atom stereocenters. The van der Waals surface area contributed by atoms with E-state index in [1.54, 1.807) is 0 Å². The first kappa shape index (κ1) is 10.3. The molecule has 1 aromatic rings. The smallest absolute Gasteiger partial charge is 0.0926 e. The zero-order chi connectivity index (χ0) is 11.0. The summed E-state index contributed by atoms with van der Waals surface area (Å²) < 4.78 is 0. The number of nitrogens with one attached hydrogen (secondary N) is 2. The van der Waals surface area contributed by atoms with Gasteiger partial charge in [-0.05, 0) is 19.3 Å². The Morgan fingerprint density at radius 2 is 2.25 bits per heavy atom. The lowest BCUT2D eigenvalue weighted by molar-refractivity contribution is 0.261. The number of aromatic nitrogens is 2. The fraction of sp³-hybridized carbons (Fsp3) is 0.769. The van der Waals surface area contributed by atoms with Crippen molar-refractivity contribution in [1.29, 1.82) is 0 Å². The average Bonchev–Trinajstić information content (AvgIpc) is 2.88. The van der Waals surface area contributed by atoms with Crippen LogP contribution in [0, 0.1) is 5.92 Å². The topological polar surface area (TPSA) is 40.7 Å². The first-order valence-electron chi connectivity index (χ1n) is 6.56. The molecule has 2 aliphatic rings. The zero-order valence-electron chi connectivity index (χ0n) is 10.1. The first-order chi connectivity index (χ1) is 7.78. The van der Waals surface area contributed by atoms with Crippen molar-refractivity contribution in [2.45, 2.75) is 51.0 Å². The summed E-state index contributed by atoms with van der Waals surface area (Å²) >= 11 is 0. The van der Waals surface area contributed by atoms with E-state index in [2.05, 4.69) is 22.2 Å². The predicted molar refractivity (Wildman–Crippen MR) is 64.2 cm³/mol. The molecular formula is C13H21N3. The summed E-state index contributed by atoms with van der Waals surface area (Å²) in [5, 5.41) is 3.68. The summed E-state index contributed by atoms with van der Waals surface area (Å²) in [6.07, 6.45) is 9.88. The van der Waals surface area contributed by atoms with Crippen molar-refractivity contribution in [3.8, 4) is 0 Å². The molecule has 2 heterocycles. The van der Waals surface area contributed by atoms with Gasteiger partial charge in [-0.2, -0.15) is 0 Å². The maximum absolute atomic E-state index is 4.53. The molecule has 1 aliphatic carbocycles. The molecule has 3 nitrogen and oxygen atoms in total. The van der Waals surface area contributed by atoms with E-state index >= 15 is 0 Å². The molecule has 0 saturated heterocycles. The lowest BCUT2D eigenvalue weighted by Gasteiger charge is -2.36. The molecule has 2 N–H and O–H groups in total. The van der Waals surface area contributed by atoms with Crippen LogP contribution in [0.3, 0.4) is 0 Å². The molecule has 1 aromatic heterocycles. The number of nitrogens with zero attached hydrogens (tertiary/aromatic N) is 1. The number of hydrogen-bond donors (Lipinski definition) is 2. The minimum atomic E-state index is 0.114. The summed E-state index contributed by atoms with van der Waals surface area (Å²) in [5.74, 6) is 0.903. The Kier molecular flexibility index (Phi) is 2.51. The van der Waals surface area contributed by atoms with Gasteiger partial charge in [0.2, 0.25) is 0 Å². The second-order valence-electron chi connectivity index (χ2n) is 5.59. The van der Waals surface area contributed by atoms with Gasteiger partial charge in [-0.1, -0.05) is 25.7 Å². The van der Waals surface area contributed by atoms with E-state index in [0.29, 0.717) is 0 Å². The Hall–Kier alpha value is -0.830. The SMILES string of the molecule is CC1(CC2CCCC2)NCCc2[nH]cnc21. The summed E-state index contributed by atoms with van der Waals surface area (Å²) in [4.78, 5) is 7.82. The maximum atomic E-state index is 4.53. The quantitative estimate of drug-likeness (QED) is 0.801. The Morgan fingerprint density at radius 1 is 1.44 bits per heavy atom. The molecule has 3 rings (SSSR count). The molecule has 0 spiro atoms. The molecule has 1 fully saturated rings. The minimum absolute atomic E-state index is 0.114. The van der Waals surface area contributed by atoms with Crippen LogP contribution in [0.1, 0.15) is 50.4 Å². The van der Waals surface area contributed by atoms with E-state index in [9.17, 15) is 0 Å². The molecular weight excluding hydrogens is 198 g/mol. The molecule has 0 radical (unpaired) electrons. The van der Waals surface area contributed by atoms with Crippen LogP contribution < -0.4 is 5.32 Å². The largest absolute Gasteiger partial charge is 0.348 e. The molecule has 88 valence electrons. The van der Waals surface area contributed by atoms with Crippen LogP contribution in [-0.2, 0) is 12.0 Å². The van der Waals surface area contributed by atoms with Gasteiger partial charge < -0.3 is 10.3 Å². The highest BCUT2D eigenvalue weighted by Crippen LogP contribution is 2.37. The van der Waals surface area contributed by atoms with Crippen molar-refractivity contribution in [1.82, 2.24) is 15.3 Å². The normalized spacial score (nSPS) is 30.6. The lowest BCUT2D eigenvalue weighted by Crippen LogP contribution is -2.46. The van der Waals surface area contributed by atoms with Gasteiger partial charge in [0.25, 0.3) is 0 Å². The van der Waals surface area contributed by atoms with Gasteiger partial charge in [0.15, 0.2) is 0 Å². The third kappa shape index (κ3) is 1.67. The third-order valence-corrected chi connectivity index (χ3v) is 4.30. The van der Waals surface area contributed by atoms with E-state index in [1.165, 1.54) is 43.5 Å². The molecule has 0 aromatic carbocycles. The fourth-order valence-corrected chi connectivity index (χ4v) is 3.49. The van der Waals surface area contributed by atoms with Crippen LogP contribution in [0.2, 0.25) is 0 Å². The first-order valence-corrected chi connectivity index (χ1v) is 6.56. The van der Waals surface area contributed by atoms with Crippen molar-refractivity contribution in [3.05, 3.63) is 17.7 Å². The summed E-state index contributed by atoms with van der Waals surface area (Å²) in [6.45, 7) is 3.41. The van der Waals surface area contributed by atoms with Crippen molar-refractivity contribution >= 4 is 0 Å². The number of H-pyrrole nitrogens is 1. The second kappa shape index (κ2) is 3.88. The van der Waals surface area contributed by atoms with Gasteiger partial charge in [-0.3, -0.25) is 0 Å². The van der Waals surface area contributed by atoms with Gasteiger partial charge >= 0.3 is 0 Å². The fourth-order valence-electron chi connectivity index (χ4n) is 3.49. The highest BCUT2D eigenvalue weighted by molar-refractivity contribution is 5.24. The summed E-state index contributed by atoms with van der Waals surface area (Å²) in [6, 6.07) is 0. The third-order valence-electron chi connectivity index (χ3n) is 4.30. The number of fused-ring (bicyclic) bond motifs is 1. The van der Waals surface area contributed by atoms with Crippen molar-refractivity contribution in [2.24, 2.45) is 5.92 Å². The number of imidazole rings is 1. The molecule has 0 amide bonds. The monoisotopic (exact) mass is 219 g/mol. The van der Waals surface area contributed by atoms with Crippen LogP contribution in [0.15, 0.2) is 6.33 Å². The minimum Gasteiger partial charge on any atom is -0.348 e. The number of aromatic amines is 1. The lowest BCUT2D eigenvalue weighted by atomic mass is 9.82. The molecule has 1 unspecified atom stereocenters. The molecule has 16 heavy (non-hydrogen) atoms. The Labute approximate surface area is 97.0 Å². The van der Waals surface area contributed by atoms with Crippen LogP contribution >= 0.6 is 0 Å². The van der Waals surface area contributed by atoms with Gasteiger partial charge in [-0.15, -0.1) is 0 Å². The maximum Gasteiger partial charge on any atom is 0.0926 e. The van der Waals surface area contributed by atoms with Crippen LogP contribution in [0.5, 0.6) is 0 Å². The van der Waals surface area contributed by atoms with Crippen molar-refractivity contribution in [2.75, 3.05) is 6.54 Å². The molecule has 1 aliphatic heterocycles. The molecule has 3 heteroatoms. The van der Waals surface area contributed by atoms with Gasteiger partial charge in [0, 0.05) is 18.7 Å². The highest BCUT2D eigenvalue weighted by Gasteiger charge is 2.36. The highest BCUT2D eigenvalue weighted by atomic mass is 15.1. The standard InChI is InChI=1S/C13H21N3/c1-13(8-10-4-2-3-5-10)12-11(6-7-16-13)14-9-15-12/h9-10,16H,2-8H2,1H3,(H,14,15). The zero-order valence-corrected chi connectivity index (χ0v) is 10.1. The van der Waals surface area contributed by atoms with Crippen LogP contribution in [0.4, 0.5) is 0 Å². The average molecular weight is 219 g/mol. The number of rotatable bonds is 2. The van der Waals surface area contributed by atoms with Gasteiger partial charge in [-0.25, -0.2) is 4.98 Å². The predicted octanol–water partition coefficient (Wildman–Crippen LogP) is 2.35. The van der Waals surface area contributed by atoms with E-state index < -0.39 is 0 Å². The Balaban J connectivity index is 1.82. The van der Waals surface area contributed by atoms with Gasteiger partial charge in [0.05, 0.1) is 17.6 Å².